The fourth-order valence-corrected chi connectivity index (χ4v) is 3.04. The topological polar surface area (TPSA) is 72.8 Å². The highest BCUT2D eigenvalue weighted by Crippen LogP contribution is 2.44. The molecule has 0 aromatic rings. The van der Waals surface area contributed by atoms with Gasteiger partial charge < -0.3 is 14.6 Å². The molecular weight excluding hydrogens is 248 g/mol. The predicted octanol–water partition coefficient (Wildman–Crippen LogP) is 2.24. The van der Waals surface area contributed by atoms with Gasteiger partial charge in [0.25, 0.3) is 0 Å². The molecule has 1 rings (SSSR count). The van der Waals surface area contributed by atoms with Crippen LogP contribution >= 0.6 is 0 Å². The van der Waals surface area contributed by atoms with Crippen LogP contribution in [0.15, 0.2) is 0 Å². The molecule has 1 saturated carbocycles. The molecule has 0 radical (unpaired) electrons. The van der Waals surface area contributed by atoms with Gasteiger partial charge in [-0.15, -0.1) is 0 Å². The summed E-state index contributed by atoms with van der Waals surface area (Å²) in [6, 6.07) is 0. The minimum Gasteiger partial charge on any atom is -0.480 e. The van der Waals surface area contributed by atoms with E-state index >= 15 is 0 Å². The molecule has 0 bridgehead atoms. The number of rotatable bonds is 8. The summed E-state index contributed by atoms with van der Waals surface area (Å²) in [5, 5.41) is 9.60. The highest BCUT2D eigenvalue weighted by molar-refractivity contribution is 5.99. The molecule has 19 heavy (non-hydrogen) atoms. The molecule has 5 heteroatoms. The van der Waals surface area contributed by atoms with Crippen molar-refractivity contribution in [2.45, 2.75) is 45.4 Å². The molecular formula is C14H24O5. The molecule has 1 aliphatic rings. The first-order valence-electron chi connectivity index (χ1n) is 6.99. The summed E-state index contributed by atoms with van der Waals surface area (Å²) in [4.78, 5) is 23.8. The van der Waals surface area contributed by atoms with Gasteiger partial charge in [0.2, 0.25) is 0 Å². The molecule has 0 aromatic carbocycles. The van der Waals surface area contributed by atoms with Gasteiger partial charge in [-0.2, -0.15) is 0 Å². The van der Waals surface area contributed by atoms with Crippen LogP contribution in [-0.4, -0.2) is 37.4 Å². The van der Waals surface area contributed by atoms with Gasteiger partial charge in [-0.3, -0.25) is 9.59 Å². The van der Waals surface area contributed by atoms with E-state index in [0.717, 1.165) is 25.7 Å². The van der Waals surface area contributed by atoms with Crippen LogP contribution in [0.3, 0.4) is 0 Å². The summed E-state index contributed by atoms with van der Waals surface area (Å²) in [6.45, 7) is 2.97. The van der Waals surface area contributed by atoms with Crippen molar-refractivity contribution in [3.8, 4) is 0 Å². The van der Waals surface area contributed by atoms with Gasteiger partial charge in [-0.25, -0.2) is 0 Å². The normalized spacial score (nSPS) is 19.1. The van der Waals surface area contributed by atoms with Gasteiger partial charge in [0.05, 0.1) is 7.11 Å². The number of carboxylic acids is 1. The highest BCUT2D eigenvalue weighted by Gasteiger charge is 2.53. The number of ether oxygens (including phenoxy) is 2. The third-order valence-corrected chi connectivity index (χ3v) is 4.05. The van der Waals surface area contributed by atoms with E-state index < -0.39 is 17.4 Å². The zero-order chi connectivity index (χ0) is 14.3. The number of carbonyl (C=O) groups is 2. The Morgan fingerprint density at radius 1 is 1.32 bits per heavy atom. The van der Waals surface area contributed by atoms with E-state index in [9.17, 15) is 14.7 Å². The quantitative estimate of drug-likeness (QED) is 0.417. The van der Waals surface area contributed by atoms with Gasteiger partial charge in [0.15, 0.2) is 5.41 Å². The Kier molecular flexibility index (Phi) is 6.28. The fourth-order valence-electron chi connectivity index (χ4n) is 3.04. The minimum absolute atomic E-state index is 0.112. The lowest BCUT2D eigenvalue weighted by molar-refractivity contribution is -0.172. The van der Waals surface area contributed by atoms with Crippen molar-refractivity contribution in [3.63, 3.8) is 0 Å². The first-order valence-corrected chi connectivity index (χ1v) is 6.99. The SMILES string of the molecule is CCOCCCC(C(=O)O)(C(=O)OC)C1CCCC1. The molecule has 0 saturated heterocycles. The van der Waals surface area contributed by atoms with E-state index in [4.69, 9.17) is 9.47 Å². The Labute approximate surface area is 114 Å². The minimum atomic E-state index is -1.39. The van der Waals surface area contributed by atoms with Gasteiger partial charge >= 0.3 is 11.9 Å². The van der Waals surface area contributed by atoms with E-state index in [1.54, 1.807) is 0 Å². The number of hydrogen-bond donors (Lipinski definition) is 1. The largest absolute Gasteiger partial charge is 0.480 e. The van der Waals surface area contributed by atoms with E-state index in [0.29, 0.717) is 26.1 Å². The lowest BCUT2D eigenvalue weighted by atomic mass is 9.71. The zero-order valence-corrected chi connectivity index (χ0v) is 11.8. The van der Waals surface area contributed by atoms with Crippen molar-refractivity contribution in [2.75, 3.05) is 20.3 Å². The number of carboxylic acid groups (broad SMARTS) is 1. The van der Waals surface area contributed by atoms with Crippen molar-refractivity contribution in [3.05, 3.63) is 0 Å². The van der Waals surface area contributed by atoms with Gasteiger partial charge in [-0.05, 0) is 38.5 Å². The second kappa shape index (κ2) is 7.48. The van der Waals surface area contributed by atoms with Crippen LogP contribution < -0.4 is 0 Å². The first-order chi connectivity index (χ1) is 9.09. The molecule has 1 unspecified atom stereocenters. The van der Waals surface area contributed by atoms with Crippen LogP contribution in [0.2, 0.25) is 0 Å². The number of methoxy groups -OCH3 is 1. The standard InChI is InChI=1S/C14H24O5/c1-3-19-10-6-9-14(12(15)16,13(17)18-2)11-7-4-5-8-11/h11H,3-10H2,1-2H3,(H,15,16). The molecule has 5 nitrogen and oxygen atoms in total. The molecule has 0 heterocycles. The Balaban J connectivity index is 2.84. The third kappa shape index (κ3) is 3.47. The first kappa shape index (κ1) is 16.0. The summed E-state index contributed by atoms with van der Waals surface area (Å²) in [7, 11) is 1.26. The second-order valence-corrected chi connectivity index (χ2v) is 5.05. The lowest BCUT2D eigenvalue weighted by Gasteiger charge is -2.32. The summed E-state index contributed by atoms with van der Waals surface area (Å²) < 4.78 is 10.0. The average Bonchev–Trinajstić information content (AvgIpc) is 2.92. The summed E-state index contributed by atoms with van der Waals surface area (Å²) >= 11 is 0. The maximum absolute atomic E-state index is 12.1. The summed E-state index contributed by atoms with van der Waals surface area (Å²) in [5.41, 5.74) is -1.39. The van der Waals surface area contributed by atoms with Crippen molar-refractivity contribution in [1.82, 2.24) is 0 Å². The van der Waals surface area contributed by atoms with Gasteiger partial charge in [0, 0.05) is 13.2 Å². The highest BCUT2D eigenvalue weighted by atomic mass is 16.5. The maximum Gasteiger partial charge on any atom is 0.323 e. The summed E-state index contributed by atoms with van der Waals surface area (Å²) in [5.74, 6) is -1.77. The van der Waals surface area contributed by atoms with Crippen LogP contribution in [0.4, 0.5) is 0 Å². The van der Waals surface area contributed by atoms with E-state index in [1.807, 2.05) is 6.92 Å². The van der Waals surface area contributed by atoms with E-state index in [1.165, 1.54) is 7.11 Å². The molecule has 1 N–H and O–H groups in total. The molecule has 0 aromatic heterocycles. The Morgan fingerprint density at radius 2 is 1.95 bits per heavy atom. The van der Waals surface area contributed by atoms with Gasteiger partial charge in [-0.1, -0.05) is 12.8 Å². The van der Waals surface area contributed by atoms with Crippen LogP contribution in [0, 0.1) is 11.3 Å². The molecule has 1 atom stereocenters. The van der Waals surface area contributed by atoms with Crippen LogP contribution in [-0.2, 0) is 19.1 Å². The number of aliphatic carboxylic acids is 1. The molecule has 0 amide bonds. The maximum atomic E-state index is 12.1. The fraction of sp³-hybridized carbons (Fsp3) is 0.857. The average molecular weight is 272 g/mol. The van der Waals surface area contributed by atoms with Crippen molar-refractivity contribution in [2.24, 2.45) is 11.3 Å². The van der Waals surface area contributed by atoms with Gasteiger partial charge in [0.1, 0.15) is 0 Å². The van der Waals surface area contributed by atoms with E-state index in [-0.39, 0.29) is 5.92 Å². The number of esters is 1. The molecule has 110 valence electrons. The number of hydrogen-bond acceptors (Lipinski definition) is 4. The van der Waals surface area contributed by atoms with Crippen LogP contribution in [0.5, 0.6) is 0 Å². The molecule has 1 fully saturated rings. The van der Waals surface area contributed by atoms with Crippen molar-refractivity contribution >= 4 is 11.9 Å². The molecule has 1 aliphatic carbocycles. The van der Waals surface area contributed by atoms with Crippen molar-refractivity contribution in [1.29, 1.82) is 0 Å². The lowest BCUT2D eigenvalue weighted by Crippen LogP contribution is -2.46. The van der Waals surface area contributed by atoms with Crippen LogP contribution in [0.25, 0.3) is 0 Å². The van der Waals surface area contributed by atoms with Crippen molar-refractivity contribution < 1.29 is 24.2 Å². The Bertz CT molecular complexity index is 309. The van der Waals surface area contributed by atoms with E-state index in [2.05, 4.69) is 0 Å². The summed E-state index contributed by atoms with van der Waals surface area (Å²) in [6.07, 6.45) is 4.40. The Hall–Kier alpha value is -1.10. The second-order valence-electron chi connectivity index (χ2n) is 5.05. The predicted molar refractivity (Wildman–Crippen MR) is 69.8 cm³/mol. The smallest absolute Gasteiger partial charge is 0.323 e. The molecule has 0 aliphatic heterocycles. The number of carbonyl (C=O) groups excluding carboxylic acids is 1. The van der Waals surface area contributed by atoms with Crippen LogP contribution in [0.1, 0.15) is 45.4 Å². The Morgan fingerprint density at radius 3 is 2.42 bits per heavy atom. The zero-order valence-electron chi connectivity index (χ0n) is 11.8. The molecule has 0 spiro atoms. The third-order valence-electron chi connectivity index (χ3n) is 4.05. The monoisotopic (exact) mass is 272 g/mol.